The predicted molar refractivity (Wildman–Crippen MR) is 166 cm³/mol. The second-order valence-corrected chi connectivity index (χ2v) is 14.0. The monoisotopic (exact) mass is 691 g/mol. The number of nitrogens with one attached hydrogen (secondary N) is 1. The molecular formula is C30H31Cl3F3N3O4S. The van der Waals surface area contributed by atoms with Gasteiger partial charge >= 0.3 is 6.18 Å². The van der Waals surface area contributed by atoms with Crippen LogP contribution in [0.3, 0.4) is 0 Å². The molecule has 44 heavy (non-hydrogen) atoms. The third kappa shape index (κ3) is 8.59. The van der Waals surface area contributed by atoms with Crippen LogP contribution >= 0.6 is 34.8 Å². The van der Waals surface area contributed by atoms with Gasteiger partial charge in [-0.1, -0.05) is 66.0 Å². The summed E-state index contributed by atoms with van der Waals surface area (Å²) in [4.78, 5) is 28.4. The van der Waals surface area contributed by atoms with Crippen LogP contribution in [0.15, 0.2) is 71.6 Å². The molecule has 238 valence electrons. The number of carbonyl (C=O) groups excluding carboxylic acids is 2. The lowest BCUT2D eigenvalue weighted by molar-refractivity contribution is -0.141. The molecule has 0 unspecified atom stereocenters. The molecule has 0 heterocycles. The van der Waals surface area contributed by atoms with Crippen LogP contribution in [0.25, 0.3) is 0 Å². The van der Waals surface area contributed by atoms with E-state index in [1.54, 1.807) is 39.8 Å². The van der Waals surface area contributed by atoms with Crippen LogP contribution < -0.4 is 9.62 Å². The first-order chi connectivity index (χ1) is 20.4. The molecule has 0 aliphatic heterocycles. The number of nitrogens with zero attached hydrogens (tertiary/aromatic N) is 2. The van der Waals surface area contributed by atoms with Crippen molar-refractivity contribution < 1.29 is 31.2 Å². The SMILES string of the molecule is CC[C@@H](C(=O)NC(C)(C)C)N(Cc1c(Cl)cccc1Cl)C(=O)CN(c1cc(C(F)(F)F)ccc1Cl)S(=O)(=O)c1ccccc1. The fourth-order valence-electron chi connectivity index (χ4n) is 4.34. The molecule has 0 fully saturated rings. The quantitative estimate of drug-likeness (QED) is 0.237. The maximum Gasteiger partial charge on any atom is 0.416 e. The summed E-state index contributed by atoms with van der Waals surface area (Å²) in [5, 5.41) is 2.86. The maximum atomic E-state index is 14.2. The minimum atomic E-state index is -4.84. The van der Waals surface area contributed by atoms with E-state index >= 15 is 0 Å². The van der Waals surface area contributed by atoms with E-state index in [4.69, 9.17) is 34.8 Å². The summed E-state index contributed by atoms with van der Waals surface area (Å²) >= 11 is 19.1. The first-order valence-corrected chi connectivity index (χ1v) is 15.9. The summed E-state index contributed by atoms with van der Waals surface area (Å²) in [5.41, 5.74) is -2.13. The smallest absolute Gasteiger partial charge is 0.350 e. The van der Waals surface area contributed by atoms with Crippen LogP contribution in [-0.4, -0.2) is 43.3 Å². The third-order valence-electron chi connectivity index (χ3n) is 6.43. The van der Waals surface area contributed by atoms with Crippen LogP contribution in [0.1, 0.15) is 45.2 Å². The molecule has 7 nitrogen and oxygen atoms in total. The molecular weight excluding hydrogens is 662 g/mol. The Morgan fingerprint density at radius 2 is 1.48 bits per heavy atom. The zero-order valence-corrected chi connectivity index (χ0v) is 27.3. The molecule has 2 amide bonds. The van der Waals surface area contributed by atoms with E-state index in [1.165, 1.54) is 36.4 Å². The highest BCUT2D eigenvalue weighted by molar-refractivity contribution is 7.92. The highest BCUT2D eigenvalue weighted by atomic mass is 35.5. The number of halogens is 6. The van der Waals surface area contributed by atoms with Gasteiger partial charge in [-0.25, -0.2) is 8.42 Å². The molecule has 0 aliphatic carbocycles. The first-order valence-electron chi connectivity index (χ1n) is 13.4. The number of hydrogen-bond donors (Lipinski definition) is 1. The van der Waals surface area contributed by atoms with E-state index in [2.05, 4.69) is 5.32 Å². The lowest BCUT2D eigenvalue weighted by Crippen LogP contribution is -2.55. The molecule has 0 saturated heterocycles. The van der Waals surface area contributed by atoms with Crippen LogP contribution in [0.2, 0.25) is 15.1 Å². The molecule has 0 aromatic heterocycles. The Bertz CT molecular complexity index is 1590. The number of rotatable bonds is 10. The van der Waals surface area contributed by atoms with Gasteiger partial charge < -0.3 is 10.2 Å². The number of sulfonamides is 1. The van der Waals surface area contributed by atoms with Crippen molar-refractivity contribution >= 4 is 62.3 Å². The largest absolute Gasteiger partial charge is 0.416 e. The van der Waals surface area contributed by atoms with Crippen molar-refractivity contribution in [3.05, 3.63) is 92.9 Å². The maximum absolute atomic E-state index is 14.2. The second-order valence-electron chi connectivity index (χ2n) is 10.9. The zero-order valence-electron chi connectivity index (χ0n) is 24.3. The molecule has 3 aromatic rings. The second kappa shape index (κ2) is 14.0. The number of anilines is 1. The van der Waals surface area contributed by atoms with Gasteiger partial charge in [0.2, 0.25) is 11.8 Å². The van der Waals surface area contributed by atoms with Crippen LogP contribution in [0.5, 0.6) is 0 Å². The molecule has 1 atom stereocenters. The van der Waals surface area contributed by atoms with Crippen molar-refractivity contribution in [1.82, 2.24) is 10.2 Å². The van der Waals surface area contributed by atoms with E-state index in [0.29, 0.717) is 22.0 Å². The van der Waals surface area contributed by atoms with E-state index in [0.717, 1.165) is 11.0 Å². The molecule has 0 aliphatic rings. The minimum absolute atomic E-state index is 0.103. The average Bonchev–Trinajstić information content (AvgIpc) is 2.92. The summed E-state index contributed by atoms with van der Waals surface area (Å²) in [6.07, 6.45) is -4.73. The Hall–Kier alpha value is -2.99. The topological polar surface area (TPSA) is 86.8 Å². The molecule has 0 bridgehead atoms. The summed E-state index contributed by atoms with van der Waals surface area (Å²) in [7, 11) is -4.66. The van der Waals surface area contributed by atoms with E-state index in [-0.39, 0.29) is 32.9 Å². The van der Waals surface area contributed by atoms with Crippen molar-refractivity contribution in [3.63, 3.8) is 0 Å². The normalized spacial score (nSPS) is 12.9. The number of amides is 2. The van der Waals surface area contributed by atoms with Crippen molar-refractivity contribution in [2.45, 2.75) is 63.3 Å². The standard InChI is InChI=1S/C30H31Cl3F3N3O4S/c1-5-25(28(41)37-29(2,3)4)38(17-21-22(31)12-9-13-23(21)32)27(40)18-39(44(42,43)20-10-7-6-8-11-20)26-16-19(30(34,35)36)14-15-24(26)33/h6-16,25H,5,17-18H2,1-4H3,(H,37,41)/t25-/m0/s1. The van der Waals surface area contributed by atoms with Crippen LogP contribution in [0.4, 0.5) is 18.9 Å². The summed E-state index contributed by atoms with van der Waals surface area (Å²) in [6.45, 7) is 5.60. The van der Waals surface area contributed by atoms with E-state index in [1.807, 2.05) is 0 Å². The lowest BCUT2D eigenvalue weighted by Gasteiger charge is -2.35. The highest BCUT2D eigenvalue weighted by Gasteiger charge is 2.37. The average molecular weight is 693 g/mol. The first kappa shape index (κ1) is 35.5. The van der Waals surface area contributed by atoms with Gasteiger partial charge in [0, 0.05) is 27.7 Å². The molecule has 1 N–H and O–H groups in total. The molecule has 0 spiro atoms. The molecule has 3 rings (SSSR count). The van der Waals surface area contributed by atoms with Crippen LogP contribution in [0, 0.1) is 0 Å². The van der Waals surface area contributed by atoms with Gasteiger partial charge in [0.1, 0.15) is 12.6 Å². The number of alkyl halides is 3. The Kier molecular flexibility index (Phi) is 11.3. The van der Waals surface area contributed by atoms with Gasteiger partial charge in [-0.2, -0.15) is 13.2 Å². The van der Waals surface area contributed by atoms with Crippen molar-refractivity contribution in [3.8, 4) is 0 Å². The molecule has 0 saturated carbocycles. The van der Waals surface area contributed by atoms with Crippen molar-refractivity contribution in [2.24, 2.45) is 0 Å². The summed E-state index contributed by atoms with van der Waals surface area (Å²) in [6, 6.07) is 12.6. The predicted octanol–water partition coefficient (Wildman–Crippen LogP) is 7.58. The third-order valence-corrected chi connectivity index (χ3v) is 9.23. The van der Waals surface area contributed by atoms with Crippen molar-refractivity contribution in [2.75, 3.05) is 10.8 Å². The number of carbonyl (C=O) groups is 2. The Morgan fingerprint density at radius 1 is 0.886 bits per heavy atom. The van der Waals surface area contributed by atoms with Gasteiger partial charge in [-0.3, -0.25) is 13.9 Å². The number of hydrogen-bond acceptors (Lipinski definition) is 4. The fraction of sp³-hybridized carbons (Fsp3) is 0.333. The molecule has 0 radical (unpaired) electrons. The van der Waals surface area contributed by atoms with Gasteiger partial charge in [0.05, 0.1) is 21.2 Å². The molecule has 3 aromatic carbocycles. The summed E-state index contributed by atoms with van der Waals surface area (Å²) < 4.78 is 69.5. The Labute approximate surface area is 269 Å². The van der Waals surface area contributed by atoms with E-state index in [9.17, 15) is 31.2 Å². The zero-order chi connectivity index (χ0) is 33.0. The highest BCUT2D eigenvalue weighted by Crippen LogP contribution is 2.37. The van der Waals surface area contributed by atoms with Crippen molar-refractivity contribution in [1.29, 1.82) is 0 Å². The Balaban J connectivity index is 2.20. The number of benzene rings is 3. The Morgan fingerprint density at radius 3 is 2.00 bits per heavy atom. The fourth-order valence-corrected chi connectivity index (χ4v) is 6.57. The summed E-state index contributed by atoms with van der Waals surface area (Å²) in [5.74, 6) is -1.45. The van der Waals surface area contributed by atoms with Gasteiger partial charge in [0.15, 0.2) is 0 Å². The molecule has 14 heteroatoms. The van der Waals surface area contributed by atoms with Crippen LogP contribution in [-0.2, 0) is 32.3 Å². The minimum Gasteiger partial charge on any atom is -0.350 e. The lowest BCUT2D eigenvalue weighted by atomic mass is 10.1. The van der Waals surface area contributed by atoms with Gasteiger partial charge in [-0.05, 0) is 69.7 Å². The van der Waals surface area contributed by atoms with E-state index < -0.39 is 57.4 Å². The van der Waals surface area contributed by atoms with Gasteiger partial charge in [-0.15, -0.1) is 0 Å². The van der Waals surface area contributed by atoms with Gasteiger partial charge in [0.25, 0.3) is 10.0 Å².